The van der Waals surface area contributed by atoms with Crippen LogP contribution in [0.5, 0.6) is 0 Å². The van der Waals surface area contributed by atoms with Crippen LogP contribution in [0.4, 0.5) is 5.95 Å². The number of carbonyl (C=O) groups excluding carboxylic acids is 2. The summed E-state index contributed by atoms with van der Waals surface area (Å²) in [6, 6.07) is 0. The number of esters is 1. The van der Waals surface area contributed by atoms with Gasteiger partial charge in [-0.1, -0.05) is 6.92 Å². The molecule has 0 saturated carbocycles. The lowest BCUT2D eigenvalue weighted by molar-refractivity contribution is -0.129. The maximum Gasteiger partial charge on any atom is 0.342 e. The molecule has 1 saturated heterocycles. The lowest BCUT2D eigenvalue weighted by Crippen LogP contribution is -2.48. The van der Waals surface area contributed by atoms with Gasteiger partial charge in [-0.25, -0.2) is 14.8 Å². The summed E-state index contributed by atoms with van der Waals surface area (Å²) in [5.41, 5.74) is 0.418. The summed E-state index contributed by atoms with van der Waals surface area (Å²) in [5, 5.41) is 0.661. The van der Waals surface area contributed by atoms with E-state index >= 15 is 0 Å². The van der Waals surface area contributed by atoms with Crippen LogP contribution in [-0.2, 0) is 9.53 Å². The van der Waals surface area contributed by atoms with Crippen molar-refractivity contribution in [1.29, 1.82) is 0 Å². The van der Waals surface area contributed by atoms with E-state index in [1.807, 2.05) is 9.80 Å². The van der Waals surface area contributed by atoms with Crippen molar-refractivity contribution in [3.8, 4) is 0 Å². The van der Waals surface area contributed by atoms with E-state index in [1.54, 1.807) is 31.8 Å². The molecule has 1 fully saturated rings. The lowest BCUT2D eigenvalue weighted by atomic mass is 10.3. The van der Waals surface area contributed by atoms with Crippen LogP contribution in [0.3, 0.4) is 0 Å². The number of piperazine rings is 1. The van der Waals surface area contributed by atoms with Gasteiger partial charge in [0.15, 0.2) is 0 Å². The van der Waals surface area contributed by atoms with E-state index in [1.165, 1.54) is 0 Å². The maximum atomic E-state index is 12.1. The highest BCUT2D eigenvalue weighted by Gasteiger charge is 2.23. The first-order chi connectivity index (χ1) is 11.6. The first kappa shape index (κ1) is 18.5. The first-order valence-electron chi connectivity index (χ1n) is 8.24. The number of anilines is 1. The predicted octanol–water partition coefficient (Wildman–Crippen LogP) is 1.82. The van der Waals surface area contributed by atoms with Gasteiger partial charge in [-0.15, -0.1) is 11.8 Å². The minimum atomic E-state index is -0.385. The summed E-state index contributed by atoms with van der Waals surface area (Å²) >= 11 is 1.54. The van der Waals surface area contributed by atoms with Crippen molar-refractivity contribution in [2.45, 2.75) is 32.2 Å². The van der Waals surface area contributed by atoms with Crippen molar-refractivity contribution in [3.63, 3.8) is 0 Å². The average molecular weight is 352 g/mol. The first-order valence-corrected chi connectivity index (χ1v) is 9.22. The van der Waals surface area contributed by atoms with Crippen molar-refractivity contribution in [2.24, 2.45) is 0 Å². The summed E-state index contributed by atoms with van der Waals surface area (Å²) in [6.07, 6.45) is 2.54. The Morgan fingerprint density at radius 3 is 2.54 bits per heavy atom. The van der Waals surface area contributed by atoms with Crippen molar-refractivity contribution in [2.75, 3.05) is 43.4 Å². The largest absolute Gasteiger partial charge is 0.462 e. The van der Waals surface area contributed by atoms with Crippen molar-refractivity contribution >= 4 is 29.6 Å². The molecule has 132 valence electrons. The van der Waals surface area contributed by atoms with Gasteiger partial charge >= 0.3 is 5.97 Å². The van der Waals surface area contributed by atoms with E-state index in [0.717, 1.165) is 12.2 Å². The molecule has 1 aliphatic heterocycles. The molecular formula is C16H24N4O3S. The molecule has 24 heavy (non-hydrogen) atoms. The van der Waals surface area contributed by atoms with Crippen LogP contribution < -0.4 is 4.90 Å². The fourth-order valence-electron chi connectivity index (χ4n) is 2.39. The summed E-state index contributed by atoms with van der Waals surface area (Å²) < 4.78 is 5.08. The highest BCUT2D eigenvalue weighted by molar-refractivity contribution is 7.99. The van der Waals surface area contributed by atoms with Crippen LogP contribution in [0.1, 0.15) is 37.6 Å². The number of amides is 1. The molecule has 0 aliphatic carbocycles. The zero-order valence-corrected chi connectivity index (χ0v) is 15.3. The van der Waals surface area contributed by atoms with Crippen LogP contribution in [0.2, 0.25) is 0 Å². The maximum absolute atomic E-state index is 12.1. The number of hydrogen-bond acceptors (Lipinski definition) is 7. The third kappa shape index (κ3) is 4.59. The van der Waals surface area contributed by atoms with Gasteiger partial charge in [0.05, 0.1) is 6.61 Å². The van der Waals surface area contributed by atoms with E-state index in [4.69, 9.17) is 4.74 Å². The molecule has 0 radical (unpaired) electrons. The fourth-order valence-corrected chi connectivity index (χ4v) is 3.22. The van der Waals surface area contributed by atoms with Gasteiger partial charge in [0, 0.05) is 39.3 Å². The van der Waals surface area contributed by atoms with Crippen LogP contribution >= 0.6 is 11.8 Å². The Bertz CT molecular complexity index is 589. The topological polar surface area (TPSA) is 75.6 Å². The van der Waals surface area contributed by atoms with Gasteiger partial charge in [0.2, 0.25) is 11.9 Å². The average Bonchev–Trinajstić information content (AvgIpc) is 2.60. The Morgan fingerprint density at radius 2 is 1.96 bits per heavy atom. The number of rotatable bonds is 6. The quantitative estimate of drug-likeness (QED) is 0.439. The van der Waals surface area contributed by atoms with Gasteiger partial charge in [-0.05, 0) is 19.1 Å². The molecule has 2 rings (SSSR count). The SMILES string of the molecule is CCCSc1nc(N2CCN(C(C)=O)CC2)ncc1C(=O)OCC. The summed E-state index contributed by atoms with van der Waals surface area (Å²) in [5.74, 6) is 1.18. The molecule has 1 aromatic rings. The number of thioether (sulfide) groups is 1. The van der Waals surface area contributed by atoms with Crippen LogP contribution in [0.25, 0.3) is 0 Å². The molecule has 2 heterocycles. The Morgan fingerprint density at radius 1 is 1.25 bits per heavy atom. The number of hydrogen-bond donors (Lipinski definition) is 0. The lowest BCUT2D eigenvalue weighted by Gasteiger charge is -2.34. The molecule has 1 aromatic heterocycles. The standard InChI is InChI=1S/C16H24N4O3S/c1-4-10-24-14-13(15(22)23-5-2)11-17-16(18-14)20-8-6-19(7-9-20)12(3)21/h11H,4-10H2,1-3H3. The van der Waals surface area contributed by atoms with Gasteiger partial charge in [-0.3, -0.25) is 4.79 Å². The monoisotopic (exact) mass is 352 g/mol. The molecule has 0 aromatic carbocycles. The Balaban J connectivity index is 2.16. The van der Waals surface area contributed by atoms with Crippen LogP contribution in [0.15, 0.2) is 11.2 Å². The number of nitrogens with zero attached hydrogens (tertiary/aromatic N) is 4. The van der Waals surface area contributed by atoms with Crippen molar-refractivity contribution in [1.82, 2.24) is 14.9 Å². The van der Waals surface area contributed by atoms with E-state index in [-0.39, 0.29) is 11.9 Å². The van der Waals surface area contributed by atoms with Crippen molar-refractivity contribution < 1.29 is 14.3 Å². The van der Waals surface area contributed by atoms with Crippen molar-refractivity contribution in [3.05, 3.63) is 11.8 Å². The van der Waals surface area contributed by atoms with Gasteiger partial charge in [0.25, 0.3) is 0 Å². The molecule has 8 heteroatoms. The van der Waals surface area contributed by atoms with Crippen LogP contribution in [0, 0.1) is 0 Å². The summed E-state index contributed by atoms with van der Waals surface area (Å²) in [4.78, 5) is 36.3. The smallest absolute Gasteiger partial charge is 0.342 e. The molecule has 1 amide bonds. The third-order valence-electron chi connectivity index (χ3n) is 3.69. The van der Waals surface area contributed by atoms with Crippen LogP contribution in [-0.4, -0.2) is 65.3 Å². The molecule has 0 unspecified atom stereocenters. The van der Waals surface area contributed by atoms with Gasteiger partial charge < -0.3 is 14.5 Å². The zero-order chi connectivity index (χ0) is 17.5. The predicted molar refractivity (Wildman–Crippen MR) is 93.5 cm³/mol. The van der Waals surface area contributed by atoms with E-state index < -0.39 is 0 Å². The molecule has 1 aliphatic rings. The molecule has 0 bridgehead atoms. The third-order valence-corrected chi connectivity index (χ3v) is 4.88. The Labute approximate surface area is 146 Å². The van der Waals surface area contributed by atoms with E-state index in [0.29, 0.717) is 49.3 Å². The second-order valence-corrected chi connectivity index (χ2v) is 6.53. The number of ether oxygens (including phenoxy) is 1. The molecule has 7 nitrogen and oxygen atoms in total. The van der Waals surface area contributed by atoms with Gasteiger partial charge in [0.1, 0.15) is 10.6 Å². The second-order valence-electron chi connectivity index (χ2n) is 5.45. The van der Waals surface area contributed by atoms with E-state index in [2.05, 4.69) is 16.9 Å². The minimum absolute atomic E-state index is 0.0902. The van der Waals surface area contributed by atoms with Gasteiger partial charge in [-0.2, -0.15) is 0 Å². The Kier molecular flexibility index (Phi) is 6.84. The Hall–Kier alpha value is -1.83. The molecule has 0 spiro atoms. The molecular weight excluding hydrogens is 328 g/mol. The van der Waals surface area contributed by atoms with E-state index in [9.17, 15) is 9.59 Å². The highest BCUT2D eigenvalue weighted by atomic mass is 32.2. The zero-order valence-electron chi connectivity index (χ0n) is 14.4. The second kappa shape index (κ2) is 8.86. The fraction of sp³-hybridized carbons (Fsp3) is 0.625. The number of carbonyl (C=O) groups is 2. The normalized spacial score (nSPS) is 14.6. The molecule has 0 atom stereocenters. The molecule has 0 N–H and O–H groups in total. The summed E-state index contributed by atoms with van der Waals surface area (Å²) in [7, 11) is 0. The highest BCUT2D eigenvalue weighted by Crippen LogP contribution is 2.24. The summed E-state index contributed by atoms with van der Waals surface area (Å²) in [6.45, 7) is 8.48. The number of aromatic nitrogens is 2. The minimum Gasteiger partial charge on any atom is -0.462 e.